The number of ether oxygens (including phenoxy) is 1. The maximum atomic E-state index is 12.6. The molecule has 0 radical (unpaired) electrons. The predicted octanol–water partition coefficient (Wildman–Crippen LogP) is 2.46. The van der Waals surface area contributed by atoms with Gasteiger partial charge in [0.2, 0.25) is 5.91 Å². The van der Waals surface area contributed by atoms with Gasteiger partial charge < -0.3 is 20.3 Å². The van der Waals surface area contributed by atoms with Crippen LogP contribution in [0.4, 0.5) is 4.79 Å². The second-order valence-electron chi connectivity index (χ2n) is 8.60. The maximum Gasteiger partial charge on any atom is 0.315 e. The minimum atomic E-state index is -0.0304. The summed E-state index contributed by atoms with van der Waals surface area (Å²) in [5.41, 5.74) is 1.28. The van der Waals surface area contributed by atoms with Gasteiger partial charge in [-0.1, -0.05) is 18.6 Å². The molecule has 1 aromatic rings. The van der Waals surface area contributed by atoms with Gasteiger partial charge in [-0.2, -0.15) is 11.8 Å². The molecular formula is C23H34N4O3S. The van der Waals surface area contributed by atoms with Crippen molar-refractivity contribution in [3.8, 4) is 5.75 Å². The number of thioether (sulfide) groups is 1. The van der Waals surface area contributed by atoms with Crippen LogP contribution in [0.3, 0.4) is 0 Å². The van der Waals surface area contributed by atoms with Crippen LogP contribution in [0.2, 0.25) is 0 Å². The van der Waals surface area contributed by atoms with E-state index in [1.54, 1.807) is 0 Å². The van der Waals surface area contributed by atoms with Gasteiger partial charge in [0.05, 0.1) is 18.7 Å². The van der Waals surface area contributed by atoms with Crippen molar-refractivity contribution in [3.05, 3.63) is 29.8 Å². The lowest BCUT2D eigenvalue weighted by molar-refractivity contribution is -0.133. The maximum absolute atomic E-state index is 12.6. The molecule has 170 valence electrons. The number of fused-ring (bicyclic) bond motifs is 1. The first-order chi connectivity index (χ1) is 15.1. The number of unbranched alkanes of at least 4 members (excludes halogenated alkanes) is 1. The lowest BCUT2D eigenvalue weighted by Crippen LogP contribution is -2.48. The fraction of sp³-hybridized carbons (Fsp3) is 0.652. The Bertz CT molecular complexity index is 752. The average Bonchev–Trinajstić information content (AvgIpc) is 3.32. The number of urea groups is 1. The zero-order chi connectivity index (χ0) is 21.6. The normalized spacial score (nSPS) is 25.8. The van der Waals surface area contributed by atoms with Crippen molar-refractivity contribution < 1.29 is 14.3 Å². The lowest BCUT2D eigenvalue weighted by atomic mass is 10.0. The van der Waals surface area contributed by atoms with Gasteiger partial charge in [0.25, 0.3) is 0 Å². The molecule has 7 nitrogen and oxygen atoms in total. The van der Waals surface area contributed by atoms with Crippen molar-refractivity contribution in [2.45, 2.75) is 56.5 Å². The monoisotopic (exact) mass is 446 g/mol. The van der Waals surface area contributed by atoms with E-state index in [0.29, 0.717) is 18.3 Å². The molecule has 3 aliphatic heterocycles. The third kappa shape index (κ3) is 5.86. The quantitative estimate of drug-likeness (QED) is 0.450. The zero-order valence-electron chi connectivity index (χ0n) is 18.3. The first-order valence-corrected chi connectivity index (χ1v) is 12.6. The average molecular weight is 447 g/mol. The van der Waals surface area contributed by atoms with E-state index in [4.69, 9.17) is 4.74 Å². The summed E-state index contributed by atoms with van der Waals surface area (Å²) in [6.07, 6.45) is 3.67. The third-order valence-electron chi connectivity index (χ3n) is 6.43. The number of benzene rings is 1. The smallest absolute Gasteiger partial charge is 0.315 e. The molecule has 0 aliphatic carbocycles. The van der Waals surface area contributed by atoms with E-state index in [2.05, 4.69) is 27.7 Å². The summed E-state index contributed by atoms with van der Waals surface area (Å²) < 4.78 is 5.50. The van der Waals surface area contributed by atoms with Gasteiger partial charge in [0.15, 0.2) is 0 Å². The Hall–Kier alpha value is -1.93. The molecule has 0 aromatic heterocycles. The summed E-state index contributed by atoms with van der Waals surface area (Å²) in [4.78, 5) is 28.5. The van der Waals surface area contributed by atoms with Crippen LogP contribution in [0.5, 0.6) is 5.75 Å². The van der Waals surface area contributed by atoms with E-state index in [9.17, 15) is 9.59 Å². The van der Waals surface area contributed by atoms with Crippen molar-refractivity contribution in [1.82, 2.24) is 20.4 Å². The number of nitrogens with one attached hydrogen (secondary N) is 2. The second kappa shape index (κ2) is 10.6. The van der Waals surface area contributed by atoms with Gasteiger partial charge in [-0.3, -0.25) is 9.69 Å². The first kappa shape index (κ1) is 22.3. The molecule has 3 aliphatic rings. The van der Waals surface area contributed by atoms with Crippen molar-refractivity contribution in [1.29, 1.82) is 0 Å². The van der Waals surface area contributed by atoms with Gasteiger partial charge in [0.1, 0.15) is 5.75 Å². The number of piperazine rings is 1. The Kier molecular flexibility index (Phi) is 7.61. The minimum absolute atomic E-state index is 0.0304. The number of carbonyl (C=O) groups excluding carboxylic acids is 2. The fourth-order valence-corrected chi connectivity index (χ4v) is 6.24. The summed E-state index contributed by atoms with van der Waals surface area (Å²) in [6.45, 7) is 7.07. The van der Waals surface area contributed by atoms with Gasteiger partial charge in [0, 0.05) is 50.1 Å². The summed E-state index contributed by atoms with van der Waals surface area (Å²) in [6, 6.07) is 8.82. The van der Waals surface area contributed by atoms with E-state index in [-0.39, 0.29) is 24.0 Å². The molecular weight excluding hydrogens is 412 g/mol. The van der Waals surface area contributed by atoms with Crippen LogP contribution in [-0.4, -0.2) is 77.6 Å². The van der Waals surface area contributed by atoms with Gasteiger partial charge in [-0.15, -0.1) is 0 Å². The molecule has 0 spiro atoms. The van der Waals surface area contributed by atoms with E-state index < -0.39 is 0 Å². The minimum Gasteiger partial charge on any atom is -0.494 e. The topological polar surface area (TPSA) is 73.9 Å². The number of nitrogens with zero attached hydrogens (tertiary/aromatic N) is 2. The molecule has 0 saturated carbocycles. The first-order valence-electron chi connectivity index (χ1n) is 11.5. The number of hydrogen-bond acceptors (Lipinski definition) is 5. The molecule has 31 heavy (non-hydrogen) atoms. The van der Waals surface area contributed by atoms with Crippen LogP contribution in [0.25, 0.3) is 0 Å². The summed E-state index contributed by atoms with van der Waals surface area (Å²) in [7, 11) is 0. The lowest BCUT2D eigenvalue weighted by Gasteiger charge is -2.35. The van der Waals surface area contributed by atoms with Gasteiger partial charge >= 0.3 is 6.03 Å². The Morgan fingerprint density at radius 2 is 1.90 bits per heavy atom. The van der Waals surface area contributed by atoms with Crippen LogP contribution in [0.1, 0.15) is 38.2 Å². The van der Waals surface area contributed by atoms with Crippen molar-refractivity contribution >= 4 is 23.7 Å². The summed E-state index contributed by atoms with van der Waals surface area (Å²) in [5.74, 6) is 2.19. The van der Waals surface area contributed by atoms with Gasteiger partial charge in [-0.05, 0) is 37.5 Å². The van der Waals surface area contributed by atoms with Gasteiger partial charge in [-0.25, -0.2) is 4.79 Å². The third-order valence-corrected chi connectivity index (χ3v) is 7.94. The van der Waals surface area contributed by atoms with Crippen molar-refractivity contribution in [2.75, 3.05) is 38.5 Å². The number of rotatable bonds is 9. The number of carbonyl (C=O) groups is 2. The highest BCUT2D eigenvalue weighted by Gasteiger charge is 2.42. The molecule has 8 heteroatoms. The molecule has 0 bridgehead atoms. The molecule has 3 atom stereocenters. The standard InChI is InChI=1S/C23H34N4O3S/c1-2-30-18-9-7-17(8-10-18)15-26-11-13-27(14-12-26)21(28)6-4-3-5-20-22-19(16-31-20)24-23(29)25-22/h7-10,19-20,22H,2-6,11-16H2,1H3,(H2,24,25,29)/t19-,20+,22-/m1/s1. The number of hydrogen-bond donors (Lipinski definition) is 2. The Balaban J connectivity index is 1.11. The van der Waals surface area contributed by atoms with E-state index in [1.807, 2.05) is 35.7 Å². The molecule has 2 N–H and O–H groups in total. The van der Waals surface area contributed by atoms with Crippen LogP contribution in [0.15, 0.2) is 24.3 Å². The molecule has 0 unspecified atom stereocenters. The van der Waals surface area contributed by atoms with Crippen LogP contribution >= 0.6 is 11.8 Å². The molecule has 3 fully saturated rings. The highest BCUT2D eigenvalue weighted by atomic mass is 32.2. The van der Waals surface area contributed by atoms with Crippen LogP contribution in [-0.2, 0) is 11.3 Å². The Labute approximate surface area is 189 Å². The largest absolute Gasteiger partial charge is 0.494 e. The van der Waals surface area contributed by atoms with Crippen LogP contribution < -0.4 is 15.4 Å². The molecule has 3 heterocycles. The zero-order valence-corrected chi connectivity index (χ0v) is 19.2. The molecule has 4 rings (SSSR count). The predicted molar refractivity (Wildman–Crippen MR) is 123 cm³/mol. The molecule has 3 amide bonds. The van der Waals surface area contributed by atoms with E-state index in [0.717, 1.165) is 63.5 Å². The fourth-order valence-electron chi connectivity index (χ4n) is 4.69. The highest BCUT2D eigenvalue weighted by Crippen LogP contribution is 2.33. The highest BCUT2D eigenvalue weighted by molar-refractivity contribution is 8.00. The molecule has 3 saturated heterocycles. The number of amides is 3. The van der Waals surface area contributed by atoms with E-state index >= 15 is 0 Å². The second-order valence-corrected chi connectivity index (χ2v) is 9.87. The Morgan fingerprint density at radius 3 is 2.65 bits per heavy atom. The molecule has 1 aromatic carbocycles. The van der Waals surface area contributed by atoms with Crippen molar-refractivity contribution in [3.63, 3.8) is 0 Å². The van der Waals surface area contributed by atoms with Crippen LogP contribution in [0, 0.1) is 0 Å². The van der Waals surface area contributed by atoms with Crippen molar-refractivity contribution in [2.24, 2.45) is 0 Å². The summed E-state index contributed by atoms with van der Waals surface area (Å²) in [5, 5.41) is 6.50. The van der Waals surface area contributed by atoms with E-state index in [1.165, 1.54) is 5.56 Å². The summed E-state index contributed by atoms with van der Waals surface area (Å²) >= 11 is 1.94. The Morgan fingerprint density at radius 1 is 1.13 bits per heavy atom. The SMILES string of the molecule is CCOc1ccc(CN2CCN(C(=O)CCCC[C@@H]3SC[C@H]4NC(=O)N[C@@H]34)CC2)cc1.